The third kappa shape index (κ3) is 3.07. The van der Waals surface area contributed by atoms with Gasteiger partial charge in [-0.05, 0) is 24.5 Å². The number of carbonyl (C=O) groups is 1. The van der Waals surface area contributed by atoms with Gasteiger partial charge in [0.25, 0.3) is 5.91 Å². The molecule has 2 aromatic carbocycles. The van der Waals surface area contributed by atoms with Crippen molar-refractivity contribution in [3.8, 4) is 0 Å². The van der Waals surface area contributed by atoms with Crippen molar-refractivity contribution in [2.45, 2.75) is 5.75 Å². The van der Waals surface area contributed by atoms with E-state index in [0.717, 1.165) is 23.1 Å². The average Bonchev–Trinajstić information content (AvgIpc) is 2.90. The number of benzene rings is 2. The monoisotopic (exact) mass is 333 g/mol. The van der Waals surface area contributed by atoms with Crippen molar-refractivity contribution < 1.29 is 18.0 Å². The molecule has 0 atom stereocenters. The van der Waals surface area contributed by atoms with E-state index in [9.17, 15) is 13.6 Å². The molecule has 0 saturated heterocycles. The summed E-state index contributed by atoms with van der Waals surface area (Å²) in [5.41, 5.74) is 1.27. The van der Waals surface area contributed by atoms with Gasteiger partial charge in [-0.15, -0.1) is 0 Å². The molecule has 1 heterocycles. The van der Waals surface area contributed by atoms with Crippen LogP contribution in [0.15, 0.2) is 46.9 Å². The van der Waals surface area contributed by atoms with Gasteiger partial charge in [0.15, 0.2) is 5.76 Å². The van der Waals surface area contributed by atoms with Crippen molar-refractivity contribution in [3.63, 3.8) is 0 Å². The van der Waals surface area contributed by atoms with Gasteiger partial charge in [0.05, 0.1) is 5.69 Å². The van der Waals surface area contributed by atoms with Crippen LogP contribution in [0.2, 0.25) is 0 Å². The molecule has 0 aliphatic carbocycles. The van der Waals surface area contributed by atoms with Crippen molar-refractivity contribution >= 4 is 34.3 Å². The topological polar surface area (TPSA) is 42.2 Å². The number of thioether (sulfide) groups is 1. The number of nitrogens with one attached hydrogen (secondary N) is 1. The minimum atomic E-state index is -0.833. The maximum Gasteiger partial charge on any atom is 0.291 e. The molecule has 0 aliphatic rings. The molecule has 1 N–H and O–H groups in total. The zero-order chi connectivity index (χ0) is 16.4. The Bertz CT molecular complexity index is 876. The highest BCUT2D eigenvalue weighted by Crippen LogP contribution is 2.29. The van der Waals surface area contributed by atoms with Crippen LogP contribution in [0.25, 0.3) is 11.0 Å². The second-order valence-corrected chi connectivity index (χ2v) is 5.78. The van der Waals surface area contributed by atoms with Gasteiger partial charge in [-0.1, -0.05) is 18.2 Å². The third-order valence-corrected chi connectivity index (χ3v) is 3.95. The van der Waals surface area contributed by atoms with Crippen molar-refractivity contribution in [2.75, 3.05) is 11.6 Å². The minimum Gasteiger partial charge on any atom is -0.451 e. The standard InChI is InChI=1S/C17H13F2NO2S/c1-23-9-12-11-4-2-3-5-15(11)22-16(12)17(21)20-14-7-6-10(18)8-13(14)19/h2-8H,9H2,1H3,(H,20,21). The first kappa shape index (κ1) is 15.6. The van der Waals surface area contributed by atoms with Gasteiger partial charge in [0, 0.05) is 22.8 Å². The summed E-state index contributed by atoms with van der Waals surface area (Å²) in [6.45, 7) is 0. The molecule has 0 spiro atoms. The summed E-state index contributed by atoms with van der Waals surface area (Å²) < 4.78 is 32.3. The van der Waals surface area contributed by atoms with Gasteiger partial charge in [-0.3, -0.25) is 4.79 Å². The summed E-state index contributed by atoms with van der Waals surface area (Å²) in [6, 6.07) is 10.3. The van der Waals surface area contributed by atoms with Gasteiger partial charge in [-0.2, -0.15) is 11.8 Å². The number of hydrogen-bond acceptors (Lipinski definition) is 3. The highest BCUT2D eigenvalue weighted by atomic mass is 32.2. The average molecular weight is 333 g/mol. The van der Waals surface area contributed by atoms with E-state index in [2.05, 4.69) is 5.32 Å². The van der Waals surface area contributed by atoms with Crippen molar-refractivity contribution in [2.24, 2.45) is 0 Å². The normalized spacial score (nSPS) is 10.9. The Morgan fingerprint density at radius 2 is 2.00 bits per heavy atom. The van der Waals surface area contributed by atoms with Gasteiger partial charge < -0.3 is 9.73 Å². The number of para-hydroxylation sites is 1. The first-order valence-electron chi connectivity index (χ1n) is 6.86. The first-order chi connectivity index (χ1) is 11.1. The predicted molar refractivity (Wildman–Crippen MR) is 87.7 cm³/mol. The largest absolute Gasteiger partial charge is 0.451 e. The maximum atomic E-state index is 13.7. The molecule has 3 nitrogen and oxygen atoms in total. The molecule has 0 fully saturated rings. The van der Waals surface area contributed by atoms with E-state index in [4.69, 9.17) is 4.42 Å². The Labute approximate surface area is 135 Å². The third-order valence-electron chi connectivity index (χ3n) is 3.37. The van der Waals surface area contributed by atoms with E-state index in [1.807, 2.05) is 24.5 Å². The Morgan fingerprint density at radius 1 is 1.22 bits per heavy atom. The molecule has 0 radical (unpaired) electrons. The lowest BCUT2D eigenvalue weighted by atomic mass is 10.1. The van der Waals surface area contributed by atoms with Gasteiger partial charge >= 0.3 is 0 Å². The molecule has 3 rings (SSSR count). The van der Waals surface area contributed by atoms with E-state index in [1.165, 1.54) is 6.07 Å². The zero-order valence-corrected chi connectivity index (χ0v) is 13.0. The predicted octanol–water partition coefficient (Wildman–Crippen LogP) is 4.83. The minimum absolute atomic E-state index is 0.0908. The van der Waals surface area contributed by atoms with Gasteiger partial charge in [0.1, 0.15) is 17.2 Å². The molecule has 23 heavy (non-hydrogen) atoms. The zero-order valence-electron chi connectivity index (χ0n) is 12.2. The maximum absolute atomic E-state index is 13.7. The molecule has 0 saturated carbocycles. The molecule has 118 valence electrons. The fourth-order valence-electron chi connectivity index (χ4n) is 2.34. The number of fused-ring (bicyclic) bond motifs is 1. The van der Waals surface area contributed by atoms with E-state index in [-0.39, 0.29) is 11.4 Å². The summed E-state index contributed by atoms with van der Waals surface area (Å²) in [7, 11) is 0. The quantitative estimate of drug-likeness (QED) is 0.744. The van der Waals surface area contributed by atoms with E-state index in [1.54, 1.807) is 17.8 Å². The van der Waals surface area contributed by atoms with Crippen LogP contribution in [0.3, 0.4) is 0 Å². The van der Waals surface area contributed by atoms with Crippen molar-refractivity contribution in [1.82, 2.24) is 0 Å². The highest BCUT2D eigenvalue weighted by molar-refractivity contribution is 7.97. The number of carbonyl (C=O) groups excluding carboxylic acids is 1. The molecule has 6 heteroatoms. The second kappa shape index (κ2) is 6.42. The fourth-order valence-corrected chi connectivity index (χ4v) is 2.92. The summed E-state index contributed by atoms with van der Waals surface area (Å²) >= 11 is 1.55. The highest BCUT2D eigenvalue weighted by Gasteiger charge is 2.21. The fraction of sp³-hybridized carbons (Fsp3) is 0.118. The lowest BCUT2D eigenvalue weighted by molar-refractivity contribution is 0.0997. The molecular weight excluding hydrogens is 320 g/mol. The van der Waals surface area contributed by atoms with Crippen LogP contribution >= 0.6 is 11.8 Å². The molecule has 0 unspecified atom stereocenters. The Balaban J connectivity index is 1.98. The molecule has 0 bridgehead atoms. The summed E-state index contributed by atoms with van der Waals surface area (Å²) in [4.78, 5) is 12.4. The van der Waals surface area contributed by atoms with Crippen LogP contribution in [0, 0.1) is 11.6 Å². The van der Waals surface area contributed by atoms with E-state index < -0.39 is 17.5 Å². The molecule has 3 aromatic rings. The van der Waals surface area contributed by atoms with E-state index >= 15 is 0 Å². The SMILES string of the molecule is CSCc1c(C(=O)Nc2ccc(F)cc2F)oc2ccccc12. The van der Waals surface area contributed by atoms with Gasteiger partial charge in [0.2, 0.25) is 0 Å². The summed E-state index contributed by atoms with van der Waals surface area (Å²) in [5, 5.41) is 3.28. The Kier molecular flexibility index (Phi) is 4.34. The van der Waals surface area contributed by atoms with Crippen LogP contribution in [0.4, 0.5) is 14.5 Å². The number of anilines is 1. The number of rotatable bonds is 4. The molecule has 1 aromatic heterocycles. The Morgan fingerprint density at radius 3 is 2.74 bits per heavy atom. The van der Waals surface area contributed by atoms with Crippen LogP contribution in [0.5, 0.6) is 0 Å². The number of hydrogen-bond donors (Lipinski definition) is 1. The van der Waals surface area contributed by atoms with Crippen LogP contribution in [0.1, 0.15) is 16.1 Å². The number of halogens is 2. The Hall–Kier alpha value is -2.34. The smallest absolute Gasteiger partial charge is 0.291 e. The second-order valence-electron chi connectivity index (χ2n) is 4.92. The van der Waals surface area contributed by atoms with Crippen LogP contribution in [-0.2, 0) is 5.75 Å². The summed E-state index contributed by atoms with van der Waals surface area (Å²) in [5.74, 6) is -1.36. The van der Waals surface area contributed by atoms with Gasteiger partial charge in [-0.25, -0.2) is 8.78 Å². The lowest BCUT2D eigenvalue weighted by Gasteiger charge is -2.06. The number of amides is 1. The van der Waals surface area contributed by atoms with Crippen LogP contribution < -0.4 is 5.32 Å². The lowest BCUT2D eigenvalue weighted by Crippen LogP contribution is -2.14. The molecule has 0 aliphatic heterocycles. The molecular formula is C17H13F2NO2S. The summed E-state index contributed by atoms with van der Waals surface area (Å²) in [6.07, 6.45) is 1.92. The number of furan rings is 1. The van der Waals surface area contributed by atoms with E-state index in [0.29, 0.717) is 11.3 Å². The molecule has 1 amide bonds. The van der Waals surface area contributed by atoms with Crippen molar-refractivity contribution in [1.29, 1.82) is 0 Å². The van der Waals surface area contributed by atoms with Crippen molar-refractivity contribution in [3.05, 3.63) is 65.4 Å². The van der Waals surface area contributed by atoms with Crippen LogP contribution in [-0.4, -0.2) is 12.2 Å². The first-order valence-corrected chi connectivity index (χ1v) is 8.25.